The molecule has 0 radical (unpaired) electrons. The summed E-state index contributed by atoms with van der Waals surface area (Å²) in [4.78, 5) is 54.9. The summed E-state index contributed by atoms with van der Waals surface area (Å²) in [7, 11) is 0. The topological polar surface area (TPSA) is 131 Å². The van der Waals surface area contributed by atoms with E-state index < -0.39 is 35.6 Å². The van der Waals surface area contributed by atoms with Crippen molar-refractivity contribution in [3.8, 4) is 0 Å². The Morgan fingerprint density at radius 1 is 0.930 bits per heavy atom. The van der Waals surface area contributed by atoms with Crippen LogP contribution in [0.5, 0.6) is 0 Å². The third-order valence-corrected chi connectivity index (χ3v) is 7.19. The Kier molecular flexibility index (Phi) is 13.2. The summed E-state index contributed by atoms with van der Waals surface area (Å²) in [6.07, 6.45) is 1.30. The van der Waals surface area contributed by atoms with E-state index in [1.54, 1.807) is 25.7 Å². The molecule has 2 aromatic rings. The number of nitrogens with two attached hydrogens (primary N) is 1. The normalized spacial score (nSPS) is 13.5. The molecule has 0 bridgehead atoms. The van der Waals surface area contributed by atoms with Gasteiger partial charge in [0.15, 0.2) is 0 Å². The van der Waals surface area contributed by atoms with Crippen LogP contribution < -0.4 is 16.4 Å². The zero-order valence-corrected chi connectivity index (χ0v) is 27.0. The highest BCUT2D eigenvalue weighted by molar-refractivity contribution is 5.99. The average molecular weight is 595 g/mol. The molecule has 9 nitrogen and oxygen atoms in total. The minimum Gasteiger partial charge on any atom is -0.444 e. The number of para-hydroxylation sites is 1. The van der Waals surface area contributed by atoms with Gasteiger partial charge in [-0.3, -0.25) is 14.4 Å². The molecule has 43 heavy (non-hydrogen) atoms. The van der Waals surface area contributed by atoms with Crippen LogP contribution in [0.1, 0.15) is 96.9 Å². The van der Waals surface area contributed by atoms with Crippen molar-refractivity contribution in [2.45, 2.75) is 111 Å². The fourth-order valence-electron chi connectivity index (χ4n) is 4.77. The zero-order chi connectivity index (χ0) is 32.3. The number of hydrogen-bond acceptors (Lipinski definition) is 5. The second-order valence-electron chi connectivity index (χ2n) is 12.6. The van der Waals surface area contributed by atoms with E-state index in [9.17, 15) is 19.2 Å². The zero-order valence-electron chi connectivity index (χ0n) is 27.0. The van der Waals surface area contributed by atoms with Gasteiger partial charge in [0, 0.05) is 18.2 Å². The SMILES string of the molecule is CCc1ccc(C(C(=O)Nc2ccccc2C)N(C(=O)C(CCC(N)=O)NC(=O)OC(C)(C)C)C(C)CCC(C)C)cc1. The van der Waals surface area contributed by atoms with Crippen molar-refractivity contribution in [2.24, 2.45) is 11.7 Å². The molecule has 0 saturated heterocycles. The molecule has 0 spiro atoms. The third-order valence-electron chi connectivity index (χ3n) is 7.19. The number of rotatable bonds is 14. The van der Waals surface area contributed by atoms with Crippen LogP contribution in [-0.4, -0.2) is 46.4 Å². The number of nitrogens with one attached hydrogen (secondary N) is 2. The molecular weight excluding hydrogens is 544 g/mol. The van der Waals surface area contributed by atoms with E-state index in [2.05, 4.69) is 24.5 Å². The summed E-state index contributed by atoms with van der Waals surface area (Å²) >= 11 is 0. The van der Waals surface area contributed by atoms with Crippen molar-refractivity contribution in [3.05, 3.63) is 65.2 Å². The molecule has 2 rings (SSSR count). The number of amides is 4. The van der Waals surface area contributed by atoms with Gasteiger partial charge in [-0.05, 0) is 89.0 Å². The molecule has 0 aliphatic rings. The molecule has 4 N–H and O–H groups in total. The van der Waals surface area contributed by atoms with Crippen LogP contribution >= 0.6 is 0 Å². The van der Waals surface area contributed by atoms with Crippen LogP contribution in [0, 0.1) is 12.8 Å². The number of primary amides is 1. The summed E-state index contributed by atoms with van der Waals surface area (Å²) in [5.74, 6) is -1.11. The van der Waals surface area contributed by atoms with Gasteiger partial charge in [0.1, 0.15) is 17.7 Å². The Bertz CT molecular complexity index is 1240. The number of hydrogen-bond donors (Lipinski definition) is 3. The lowest BCUT2D eigenvalue weighted by Gasteiger charge is -2.39. The fraction of sp³-hybridized carbons (Fsp3) is 0.529. The van der Waals surface area contributed by atoms with E-state index >= 15 is 0 Å². The predicted molar refractivity (Wildman–Crippen MR) is 170 cm³/mol. The van der Waals surface area contributed by atoms with Crippen LogP contribution in [-0.2, 0) is 25.5 Å². The summed E-state index contributed by atoms with van der Waals surface area (Å²) in [6.45, 7) is 15.2. The smallest absolute Gasteiger partial charge is 0.408 e. The van der Waals surface area contributed by atoms with Crippen LogP contribution in [0.15, 0.2) is 48.5 Å². The van der Waals surface area contributed by atoms with E-state index in [1.807, 2.05) is 69.3 Å². The first kappa shape index (κ1) is 35.3. The van der Waals surface area contributed by atoms with Crippen molar-refractivity contribution in [1.29, 1.82) is 0 Å². The van der Waals surface area contributed by atoms with Gasteiger partial charge in [-0.1, -0.05) is 63.2 Å². The average Bonchev–Trinajstić information content (AvgIpc) is 2.92. The van der Waals surface area contributed by atoms with Crippen molar-refractivity contribution < 1.29 is 23.9 Å². The van der Waals surface area contributed by atoms with Gasteiger partial charge in [0.05, 0.1) is 0 Å². The highest BCUT2D eigenvalue weighted by Crippen LogP contribution is 2.30. The number of aryl methyl sites for hydroxylation is 2. The number of benzene rings is 2. The van der Waals surface area contributed by atoms with Gasteiger partial charge >= 0.3 is 6.09 Å². The van der Waals surface area contributed by atoms with Gasteiger partial charge < -0.3 is 26.0 Å². The molecule has 3 unspecified atom stereocenters. The molecule has 0 saturated carbocycles. The van der Waals surface area contributed by atoms with E-state index in [4.69, 9.17) is 10.5 Å². The molecule has 0 heterocycles. The van der Waals surface area contributed by atoms with E-state index in [1.165, 1.54) is 0 Å². The number of nitrogens with zero attached hydrogens (tertiary/aromatic N) is 1. The van der Waals surface area contributed by atoms with Crippen LogP contribution in [0.25, 0.3) is 0 Å². The molecule has 2 aromatic carbocycles. The first-order chi connectivity index (χ1) is 20.1. The maximum absolute atomic E-state index is 14.5. The number of alkyl carbamates (subject to hydrolysis) is 1. The largest absolute Gasteiger partial charge is 0.444 e. The standard InChI is InChI=1S/C34H50N4O5/c1-9-25-16-18-26(19-17-25)30(31(40)36-27-13-11-10-12-23(27)4)38(24(5)15-14-22(2)3)32(41)28(20-21-29(35)39)37-33(42)43-34(6,7)8/h10-13,16-19,22,24,28,30H,9,14-15,20-21H2,1-8H3,(H2,35,39)(H,36,40)(H,37,42). The Morgan fingerprint density at radius 2 is 1.56 bits per heavy atom. The molecule has 3 atom stereocenters. The summed E-state index contributed by atoms with van der Waals surface area (Å²) < 4.78 is 5.44. The highest BCUT2D eigenvalue weighted by Gasteiger charge is 2.39. The fourth-order valence-corrected chi connectivity index (χ4v) is 4.77. The lowest BCUT2D eigenvalue weighted by molar-refractivity contribution is -0.143. The predicted octanol–water partition coefficient (Wildman–Crippen LogP) is 6.05. The number of carbonyl (C=O) groups excluding carboxylic acids is 4. The van der Waals surface area contributed by atoms with Gasteiger partial charge in [0.2, 0.25) is 11.8 Å². The van der Waals surface area contributed by atoms with Crippen LogP contribution in [0.4, 0.5) is 10.5 Å². The van der Waals surface area contributed by atoms with Crippen molar-refractivity contribution in [1.82, 2.24) is 10.2 Å². The van der Waals surface area contributed by atoms with Crippen molar-refractivity contribution in [2.75, 3.05) is 5.32 Å². The van der Waals surface area contributed by atoms with Gasteiger partial charge in [0.25, 0.3) is 5.91 Å². The summed E-state index contributed by atoms with van der Waals surface area (Å²) in [5.41, 5.74) is 7.90. The van der Waals surface area contributed by atoms with E-state index in [-0.39, 0.29) is 24.8 Å². The van der Waals surface area contributed by atoms with E-state index in [0.29, 0.717) is 23.6 Å². The molecular formula is C34H50N4O5. The lowest BCUT2D eigenvalue weighted by atomic mass is 9.95. The van der Waals surface area contributed by atoms with Crippen molar-refractivity contribution >= 4 is 29.5 Å². The van der Waals surface area contributed by atoms with Gasteiger partial charge in [-0.15, -0.1) is 0 Å². The Morgan fingerprint density at radius 3 is 2.09 bits per heavy atom. The molecule has 236 valence electrons. The molecule has 4 amide bonds. The first-order valence-electron chi connectivity index (χ1n) is 15.2. The quantitative estimate of drug-likeness (QED) is 0.245. The maximum Gasteiger partial charge on any atom is 0.408 e. The van der Waals surface area contributed by atoms with Crippen molar-refractivity contribution in [3.63, 3.8) is 0 Å². The molecule has 0 aliphatic heterocycles. The number of ether oxygens (including phenoxy) is 1. The molecule has 9 heteroatoms. The summed E-state index contributed by atoms with van der Waals surface area (Å²) in [6, 6.07) is 12.6. The summed E-state index contributed by atoms with van der Waals surface area (Å²) in [5, 5.41) is 5.69. The minimum atomic E-state index is -1.15. The number of carbonyl (C=O) groups is 4. The highest BCUT2D eigenvalue weighted by atomic mass is 16.6. The second kappa shape index (κ2) is 16.1. The molecule has 0 fully saturated rings. The molecule has 0 aromatic heterocycles. The Hall–Kier alpha value is -3.88. The monoisotopic (exact) mass is 594 g/mol. The maximum atomic E-state index is 14.5. The van der Waals surface area contributed by atoms with Gasteiger partial charge in [-0.2, -0.15) is 0 Å². The second-order valence-corrected chi connectivity index (χ2v) is 12.6. The minimum absolute atomic E-state index is 0.0400. The molecule has 0 aliphatic carbocycles. The van der Waals surface area contributed by atoms with Gasteiger partial charge in [-0.25, -0.2) is 4.79 Å². The lowest BCUT2D eigenvalue weighted by Crippen LogP contribution is -2.55. The van der Waals surface area contributed by atoms with Crippen LogP contribution in [0.3, 0.4) is 0 Å². The van der Waals surface area contributed by atoms with E-state index in [0.717, 1.165) is 24.0 Å². The number of anilines is 1. The Labute approximate surface area is 256 Å². The Balaban J connectivity index is 2.66. The third kappa shape index (κ3) is 11.4. The van der Waals surface area contributed by atoms with Crippen LogP contribution in [0.2, 0.25) is 0 Å². The first-order valence-corrected chi connectivity index (χ1v) is 15.2.